The van der Waals surface area contributed by atoms with Crippen LogP contribution in [0.1, 0.15) is 13.3 Å². The molecule has 0 bridgehead atoms. The van der Waals surface area contributed by atoms with Gasteiger partial charge < -0.3 is 15.2 Å². The number of aromatic nitrogens is 2. The van der Waals surface area contributed by atoms with E-state index < -0.39 is 19.2 Å². The van der Waals surface area contributed by atoms with E-state index in [1.807, 2.05) is 0 Å². The minimum Gasteiger partial charge on any atom is -0.476 e. The van der Waals surface area contributed by atoms with E-state index in [-0.39, 0.29) is 17.4 Å². The van der Waals surface area contributed by atoms with E-state index in [2.05, 4.69) is 9.97 Å². The van der Waals surface area contributed by atoms with Gasteiger partial charge in [0, 0.05) is 0 Å². The van der Waals surface area contributed by atoms with E-state index in [1.54, 1.807) is 6.92 Å². The third-order valence-electron chi connectivity index (χ3n) is 1.72. The fourth-order valence-corrected chi connectivity index (χ4v) is 0.994. The SMILES string of the molecule is CCOc1ncnc(OCCC(F)(F)F)c1N. The number of nitrogens with two attached hydrogens (primary N) is 1. The molecule has 0 saturated heterocycles. The van der Waals surface area contributed by atoms with Crippen LogP contribution >= 0.6 is 0 Å². The Kier molecular flexibility index (Phi) is 4.36. The van der Waals surface area contributed by atoms with Gasteiger partial charge >= 0.3 is 6.18 Å². The Morgan fingerprint density at radius 3 is 2.35 bits per heavy atom. The summed E-state index contributed by atoms with van der Waals surface area (Å²) >= 11 is 0. The average molecular weight is 251 g/mol. The van der Waals surface area contributed by atoms with Crippen LogP contribution in [0.4, 0.5) is 18.9 Å². The summed E-state index contributed by atoms with van der Waals surface area (Å²) in [6, 6.07) is 0. The van der Waals surface area contributed by atoms with Gasteiger partial charge in [0.15, 0.2) is 5.69 Å². The average Bonchev–Trinajstić information content (AvgIpc) is 2.22. The lowest BCUT2D eigenvalue weighted by Gasteiger charge is -2.11. The second-order valence-electron chi connectivity index (χ2n) is 3.04. The van der Waals surface area contributed by atoms with Gasteiger partial charge in [-0.25, -0.2) is 0 Å². The van der Waals surface area contributed by atoms with Gasteiger partial charge in [0.25, 0.3) is 0 Å². The summed E-state index contributed by atoms with van der Waals surface area (Å²) in [6.45, 7) is 1.52. The van der Waals surface area contributed by atoms with E-state index in [4.69, 9.17) is 15.2 Å². The van der Waals surface area contributed by atoms with Crippen molar-refractivity contribution >= 4 is 5.69 Å². The largest absolute Gasteiger partial charge is 0.476 e. The lowest BCUT2D eigenvalue weighted by atomic mass is 10.4. The Balaban J connectivity index is 2.62. The normalized spacial score (nSPS) is 11.3. The van der Waals surface area contributed by atoms with Crippen LogP contribution in [0, 0.1) is 0 Å². The van der Waals surface area contributed by atoms with Gasteiger partial charge in [0.05, 0.1) is 19.6 Å². The van der Waals surface area contributed by atoms with Crippen molar-refractivity contribution in [1.82, 2.24) is 9.97 Å². The fourth-order valence-electron chi connectivity index (χ4n) is 0.994. The molecule has 1 aromatic rings. The number of nitrogens with zero attached hydrogens (tertiary/aromatic N) is 2. The highest BCUT2D eigenvalue weighted by atomic mass is 19.4. The number of ether oxygens (including phenoxy) is 2. The lowest BCUT2D eigenvalue weighted by molar-refractivity contribution is -0.139. The van der Waals surface area contributed by atoms with Crippen molar-refractivity contribution in [3.05, 3.63) is 6.33 Å². The minimum atomic E-state index is -4.27. The summed E-state index contributed by atoms with van der Waals surface area (Å²) in [5.74, 6) is -0.00258. The van der Waals surface area contributed by atoms with E-state index in [0.29, 0.717) is 6.61 Å². The minimum absolute atomic E-state index is 0.00322. The van der Waals surface area contributed by atoms with Crippen molar-refractivity contribution in [1.29, 1.82) is 0 Å². The molecule has 96 valence electrons. The zero-order chi connectivity index (χ0) is 12.9. The molecule has 0 aliphatic carbocycles. The quantitative estimate of drug-likeness (QED) is 0.863. The highest BCUT2D eigenvalue weighted by Gasteiger charge is 2.27. The highest BCUT2D eigenvalue weighted by Crippen LogP contribution is 2.27. The van der Waals surface area contributed by atoms with Crippen LogP contribution in [-0.4, -0.2) is 29.4 Å². The van der Waals surface area contributed by atoms with Crippen molar-refractivity contribution in [2.24, 2.45) is 0 Å². The van der Waals surface area contributed by atoms with Crippen LogP contribution in [0.5, 0.6) is 11.8 Å². The molecule has 0 aromatic carbocycles. The Morgan fingerprint density at radius 2 is 1.82 bits per heavy atom. The Labute approximate surface area is 95.8 Å². The van der Waals surface area contributed by atoms with Gasteiger partial charge in [0.2, 0.25) is 11.8 Å². The molecule has 8 heteroatoms. The third kappa shape index (κ3) is 4.33. The molecule has 0 fully saturated rings. The van der Waals surface area contributed by atoms with E-state index in [1.165, 1.54) is 0 Å². The molecule has 0 amide bonds. The highest BCUT2D eigenvalue weighted by molar-refractivity contribution is 5.55. The van der Waals surface area contributed by atoms with Gasteiger partial charge in [-0.05, 0) is 6.92 Å². The van der Waals surface area contributed by atoms with Crippen molar-refractivity contribution in [2.45, 2.75) is 19.5 Å². The number of rotatable bonds is 5. The van der Waals surface area contributed by atoms with Crippen LogP contribution in [0.25, 0.3) is 0 Å². The fraction of sp³-hybridized carbons (Fsp3) is 0.556. The first-order valence-electron chi connectivity index (χ1n) is 4.87. The molecule has 0 unspecified atom stereocenters. The molecule has 1 rings (SSSR count). The molecule has 1 aromatic heterocycles. The summed E-state index contributed by atoms with van der Waals surface area (Å²) < 4.78 is 45.5. The molecule has 0 saturated carbocycles. The second kappa shape index (κ2) is 5.55. The number of hydrogen-bond acceptors (Lipinski definition) is 5. The van der Waals surface area contributed by atoms with E-state index in [0.717, 1.165) is 6.33 Å². The topological polar surface area (TPSA) is 70.3 Å². The number of hydrogen-bond donors (Lipinski definition) is 1. The molecule has 0 aliphatic rings. The van der Waals surface area contributed by atoms with Gasteiger partial charge in [-0.2, -0.15) is 23.1 Å². The number of anilines is 1. The Bertz CT molecular complexity index is 371. The van der Waals surface area contributed by atoms with Crippen LogP contribution in [-0.2, 0) is 0 Å². The van der Waals surface area contributed by atoms with Crippen LogP contribution < -0.4 is 15.2 Å². The van der Waals surface area contributed by atoms with Crippen molar-refractivity contribution < 1.29 is 22.6 Å². The van der Waals surface area contributed by atoms with Gasteiger partial charge in [-0.3, -0.25) is 0 Å². The maximum Gasteiger partial charge on any atom is 0.392 e. The van der Waals surface area contributed by atoms with E-state index in [9.17, 15) is 13.2 Å². The molecule has 17 heavy (non-hydrogen) atoms. The molecule has 0 radical (unpaired) electrons. The maximum absolute atomic E-state index is 11.9. The van der Waals surface area contributed by atoms with Crippen molar-refractivity contribution in [3.8, 4) is 11.8 Å². The third-order valence-corrected chi connectivity index (χ3v) is 1.72. The zero-order valence-electron chi connectivity index (χ0n) is 9.12. The van der Waals surface area contributed by atoms with Crippen LogP contribution in [0.2, 0.25) is 0 Å². The van der Waals surface area contributed by atoms with Gasteiger partial charge in [-0.15, -0.1) is 0 Å². The number of halogens is 3. The summed E-state index contributed by atoms with van der Waals surface area (Å²) in [5, 5.41) is 0. The molecule has 0 aliphatic heterocycles. The predicted octanol–water partition coefficient (Wildman–Crippen LogP) is 1.79. The summed E-state index contributed by atoms with van der Waals surface area (Å²) in [4.78, 5) is 7.36. The first kappa shape index (κ1) is 13.3. The molecular formula is C9H12F3N3O2. The molecule has 1 heterocycles. The molecule has 0 spiro atoms. The van der Waals surface area contributed by atoms with Crippen LogP contribution in [0.15, 0.2) is 6.33 Å². The first-order chi connectivity index (χ1) is 7.94. The smallest absolute Gasteiger partial charge is 0.392 e. The second-order valence-corrected chi connectivity index (χ2v) is 3.04. The molecule has 0 atom stereocenters. The summed E-state index contributed by atoms with van der Waals surface area (Å²) in [5.41, 5.74) is 5.56. The lowest BCUT2D eigenvalue weighted by Crippen LogP contribution is -2.14. The first-order valence-corrected chi connectivity index (χ1v) is 4.87. The molecular weight excluding hydrogens is 239 g/mol. The van der Waals surface area contributed by atoms with Gasteiger partial charge in [0.1, 0.15) is 6.33 Å². The monoisotopic (exact) mass is 251 g/mol. The Hall–Kier alpha value is -1.73. The van der Waals surface area contributed by atoms with Gasteiger partial charge in [-0.1, -0.05) is 0 Å². The number of nitrogen functional groups attached to an aromatic ring is 1. The predicted molar refractivity (Wildman–Crippen MR) is 53.8 cm³/mol. The van der Waals surface area contributed by atoms with Crippen LogP contribution in [0.3, 0.4) is 0 Å². The molecule has 5 nitrogen and oxygen atoms in total. The molecule has 2 N–H and O–H groups in total. The van der Waals surface area contributed by atoms with Crippen molar-refractivity contribution in [3.63, 3.8) is 0 Å². The summed E-state index contributed by atoms with van der Waals surface area (Å²) in [7, 11) is 0. The summed E-state index contributed by atoms with van der Waals surface area (Å²) in [6.07, 6.45) is -4.23. The van der Waals surface area contributed by atoms with Crippen molar-refractivity contribution in [2.75, 3.05) is 18.9 Å². The standard InChI is InChI=1S/C9H12F3N3O2/c1-2-16-7-6(13)8(15-5-14-7)17-4-3-9(10,11)12/h5H,2-4,13H2,1H3. The maximum atomic E-state index is 11.9. The number of alkyl halides is 3. The zero-order valence-corrected chi connectivity index (χ0v) is 9.12. The Morgan fingerprint density at radius 1 is 1.24 bits per heavy atom. The van der Waals surface area contributed by atoms with E-state index >= 15 is 0 Å².